The van der Waals surface area contributed by atoms with E-state index in [0.29, 0.717) is 0 Å². The Morgan fingerprint density at radius 1 is 1.27 bits per heavy atom. The minimum absolute atomic E-state index is 0.718. The lowest BCUT2D eigenvalue weighted by atomic mass is 10.0. The highest BCUT2D eigenvalue weighted by Gasteiger charge is 2.40. The lowest BCUT2D eigenvalue weighted by Gasteiger charge is -2.14. The van der Waals surface area contributed by atoms with Crippen molar-refractivity contribution >= 4 is 0 Å². The molecule has 1 nitrogen and oxygen atoms in total. The Morgan fingerprint density at radius 2 is 2.07 bits per heavy atom. The third kappa shape index (κ3) is 5.36. The van der Waals surface area contributed by atoms with Gasteiger partial charge >= 0.3 is 0 Å². The molecular weight excluding hydrogens is 182 g/mol. The summed E-state index contributed by atoms with van der Waals surface area (Å²) < 4.78 is 0. The Balaban J connectivity index is 1.86. The fourth-order valence-corrected chi connectivity index (χ4v) is 2.29. The molecule has 0 unspecified atom stereocenters. The van der Waals surface area contributed by atoms with E-state index >= 15 is 0 Å². The maximum absolute atomic E-state index is 3.74. The molecule has 1 N–H and O–H groups in total. The van der Waals surface area contributed by atoms with Crippen LogP contribution < -0.4 is 5.32 Å². The van der Waals surface area contributed by atoms with Gasteiger partial charge in [-0.3, -0.25) is 0 Å². The number of nitrogens with one attached hydrogen (secondary N) is 1. The Morgan fingerprint density at radius 3 is 2.67 bits per heavy atom. The van der Waals surface area contributed by atoms with Crippen LogP contribution in [0.1, 0.15) is 58.3 Å². The summed E-state index contributed by atoms with van der Waals surface area (Å²) >= 11 is 0. The number of hydrogen-bond acceptors (Lipinski definition) is 1. The van der Waals surface area contributed by atoms with Crippen molar-refractivity contribution in [1.82, 2.24) is 5.32 Å². The molecule has 0 aromatic carbocycles. The summed E-state index contributed by atoms with van der Waals surface area (Å²) in [6.07, 6.45) is 12.9. The fraction of sp³-hybridized carbons (Fsp3) is 0.857. The Bertz CT molecular complexity index is 170. The van der Waals surface area contributed by atoms with Gasteiger partial charge in [-0.2, -0.15) is 0 Å². The summed E-state index contributed by atoms with van der Waals surface area (Å²) in [7, 11) is 0. The molecule has 0 atom stereocenters. The van der Waals surface area contributed by atoms with Gasteiger partial charge in [0.05, 0.1) is 0 Å². The van der Waals surface area contributed by atoms with E-state index in [9.17, 15) is 0 Å². The van der Waals surface area contributed by atoms with E-state index in [1.54, 1.807) is 0 Å². The molecule has 1 aliphatic rings. The van der Waals surface area contributed by atoms with E-state index in [2.05, 4.69) is 18.8 Å². The largest absolute Gasteiger partial charge is 0.316 e. The van der Waals surface area contributed by atoms with E-state index in [-0.39, 0.29) is 0 Å². The van der Waals surface area contributed by atoms with Crippen LogP contribution in [0.3, 0.4) is 0 Å². The highest BCUT2D eigenvalue weighted by atomic mass is 14.9. The summed E-state index contributed by atoms with van der Waals surface area (Å²) in [5, 5.41) is 3.62. The Hall–Kier alpha value is -0.300. The van der Waals surface area contributed by atoms with Crippen molar-refractivity contribution in [1.29, 1.82) is 0 Å². The van der Waals surface area contributed by atoms with Crippen molar-refractivity contribution in [2.45, 2.75) is 58.3 Å². The van der Waals surface area contributed by atoms with Gasteiger partial charge < -0.3 is 5.32 Å². The third-order valence-electron chi connectivity index (χ3n) is 3.50. The topological polar surface area (TPSA) is 12.0 Å². The first-order valence-corrected chi connectivity index (χ1v) is 6.64. The number of rotatable bonds is 10. The van der Waals surface area contributed by atoms with Crippen molar-refractivity contribution in [3.05, 3.63) is 12.7 Å². The SMILES string of the molecule is C=CCCCCCNCC1(CCC)CC1. The maximum Gasteiger partial charge on any atom is 0.000781 e. The van der Waals surface area contributed by atoms with Crippen LogP contribution in [0.25, 0.3) is 0 Å². The molecule has 0 bridgehead atoms. The molecule has 0 heterocycles. The quantitative estimate of drug-likeness (QED) is 0.425. The van der Waals surface area contributed by atoms with Gasteiger partial charge in [-0.05, 0) is 50.5 Å². The molecule has 88 valence electrons. The summed E-state index contributed by atoms with van der Waals surface area (Å²) in [6.45, 7) is 8.52. The zero-order valence-corrected chi connectivity index (χ0v) is 10.4. The third-order valence-corrected chi connectivity index (χ3v) is 3.50. The van der Waals surface area contributed by atoms with Gasteiger partial charge in [-0.25, -0.2) is 0 Å². The zero-order valence-electron chi connectivity index (χ0n) is 10.4. The van der Waals surface area contributed by atoms with Gasteiger partial charge in [0, 0.05) is 6.54 Å². The highest BCUT2D eigenvalue weighted by Crippen LogP contribution is 2.48. The van der Waals surface area contributed by atoms with Gasteiger partial charge in [0.25, 0.3) is 0 Å². The van der Waals surface area contributed by atoms with E-state index in [1.807, 2.05) is 6.08 Å². The maximum atomic E-state index is 3.74. The summed E-state index contributed by atoms with van der Waals surface area (Å²) in [6, 6.07) is 0. The molecule has 0 radical (unpaired) electrons. The number of allylic oxidation sites excluding steroid dienone is 1. The van der Waals surface area contributed by atoms with Crippen molar-refractivity contribution < 1.29 is 0 Å². The van der Waals surface area contributed by atoms with E-state index in [4.69, 9.17) is 0 Å². The van der Waals surface area contributed by atoms with Gasteiger partial charge in [0.2, 0.25) is 0 Å². The molecule has 0 aliphatic heterocycles. The molecule has 1 fully saturated rings. The minimum atomic E-state index is 0.718. The van der Waals surface area contributed by atoms with Crippen molar-refractivity contribution in [3.8, 4) is 0 Å². The molecule has 0 spiro atoms. The van der Waals surface area contributed by atoms with Crippen LogP contribution in [-0.2, 0) is 0 Å². The van der Waals surface area contributed by atoms with Crippen LogP contribution in [0.2, 0.25) is 0 Å². The highest BCUT2D eigenvalue weighted by molar-refractivity contribution is 4.94. The van der Waals surface area contributed by atoms with Crippen LogP contribution >= 0.6 is 0 Å². The van der Waals surface area contributed by atoms with Crippen LogP contribution in [0.5, 0.6) is 0 Å². The molecule has 1 rings (SSSR count). The van der Waals surface area contributed by atoms with Crippen molar-refractivity contribution in [2.75, 3.05) is 13.1 Å². The summed E-state index contributed by atoms with van der Waals surface area (Å²) in [4.78, 5) is 0. The predicted molar refractivity (Wildman–Crippen MR) is 68.1 cm³/mol. The molecule has 15 heavy (non-hydrogen) atoms. The average Bonchev–Trinajstić information content (AvgIpc) is 2.98. The van der Waals surface area contributed by atoms with E-state index < -0.39 is 0 Å². The molecule has 0 aromatic rings. The lowest BCUT2D eigenvalue weighted by molar-refractivity contribution is 0.417. The van der Waals surface area contributed by atoms with E-state index in [1.165, 1.54) is 64.5 Å². The lowest BCUT2D eigenvalue weighted by Crippen LogP contribution is -2.24. The molecule has 0 amide bonds. The first-order valence-electron chi connectivity index (χ1n) is 6.64. The molecule has 1 aliphatic carbocycles. The normalized spacial score (nSPS) is 17.7. The summed E-state index contributed by atoms with van der Waals surface area (Å²) in [5.74, 6) is 0. The Labute approximate surface area is 95.3 Å². The second-order valence-corrected chi connectivity index (χ2v) is 5.06. The number of unbranched alkanes of at least 4 members (excludes halogenated alkanes) is 3. The Kier molecular flexibility index (Phi) is 6.00. The molecule has 0 saturated heterocycles. The van der Waals surface area contributed by atoms with Crippen LogP contribution in [0.15, 0.2) is 12.7 Å². The standard InChI is InChI=1S/C14H27N/c1-3-5-6-7-8-12-15-13-14(9-4-2)10-11-14/h3,15H,1,4-13H2,2H3. The summed E-state index contributed by atoms with van der Waals surface area (Å²) in [5.41, 5.74) is 0.718. The van der Waals surface area contributed by atoms with Crippen LogP contribution in [-0.4, -0.2) is 13.1 Å². The van der Waals surface area contributed by atoms with Crippen molar-refractivity contribution in [3.63, 3.8) is 0 Å². The zero-order chi connectivity index (χ0) is 11.0. The second-order valence-electron chi connectivity index (χ2n) is 5.06. The minimum Gasteiger partial charge on any atom is -0.316 e. The number of hydrogen-bond donors (Lipinski definition) is 1. The van der Waals surface area contributed by atoms with Gasteiger partial charge in [-0.1, -0.05) is 25.8 Å². The monoisotopic (exact) mass is 209 g/mol. The van der Waals surface area contributed by atoms with Gasteiger partial charge in [0.15, 0.2) is 0 Å². The van der Waals surface area contributed by atoms with Crippen LogP contribution in [0, 0.1) is 5.41 Å². The van der Waals surface area contributed by atoms with E-state index in [0.717, 1.165) is 5.41 Å². The smallest absolute Gasteiger partial charge is 0.000781 e. The van der Waals surface area contributed by atoms with Gasteiger partial charge in [0.1, 0.15) is 0 Å². The molecule has 1 heteroatoms. The first kappa shape index (κ1) is 12.8. The first-order chi connectivity index (χ1) is 7.33. The fourth-order valence-electron chi connectivity index (χ4n) is 2.29. The van der Waals surface area contributed by atoms with Crippen LogP contribution in [0.4, 0.5) is 0 Å². The molecule has 0 aromatic heterocycles. The van der Waals surface area contributed by atoms with Gasteiger partial charge in [-0.15, -0.1) is 6.58 Å². The van der Waals surface area contributed by atoms with Crippen molar-refractivity contribution in [2.24, 2.45) is 5.41 Å². The second kappa shape index (κ2) is 7.05. The predicted octanol–water partition coefficient (Wildman–Crippen LogP) is 3.90. The average molecular weight is 209 g/mol. The molecule has 1 saturated carbocycles. The molecular formula is C14H27N.